The molecule has 0 radical (unpaired) electrons. The van der Waals surface area contributed by atoms with Crippen molar-refractivity contribution >= 4 is 0 Å². The summed E-state index contributed by atoms with van der Waals surface area (Å²) in [4.78, 5) is 15.6. The van der Waals surface area contributed by atoms with Gasteiger partial charge in [0.1, 0.15) is 18.2 Å². The van der Waals surface area contributed by atoms with Crippen molar-refractivity contribution in [1.82, 2.24) is 30.0 Å². The maximum absolute atomic E-state index is 5.85. The lowest BCUT2D eigenvalue weighted by Crippen LogP contribution is -2.23. The Morgan fingerprint density at radius 3 is 2.77 bits per heavy atom. The van der Waals surface area contributed by atoms with Crippen molar-refractivity contribution in [2.24, 2.45) is 0 Å². The third-order valence-corrected chi connectivity index (χ3v) is 5.52. The molecule has 156 valence electrons. The van der Waals surface area contributed by atoms with E-state index in [1.54, 1.807) is 18.6 Å². The number of rotatable bonds is 7. The number of hydrogen-bond acceptors (Lipinski definition) is 6. The van der Waals surface area contributed by atoms with E-state index in [1.165, 1.54) is 5.56 Å². The molecule has 1 aliphatic rings. The molecule has 31 heavy (non-hydrogen) atoms. The Morgan fingerprint density at radius 1 is 1.03 bits per heavy atom. The number of aromatic nitrogens is 5. The van der Waals surface area contributed by atoms with Gasteiger partial charge in [0.25, 0.3) is 0 Å². The first-order valence-electron chi connectivity index (χ1n) is 10.5. The molecule has 1 atom stereocenters. The van der Waals surface area contributed by atoms with Crippen LogP contribution >= 0.6 is 0 Å². The zero-order valence-corrected chi connectivity index (χ0v) is 17.2. The Kier molecular flexibility index (Phi) is 5.66. The Hall–Kier alpha value is -3.58. The highest BCUT2D eigenvalue weighted by molar-refractivity contribution is 5.52. The van der Waals surface area contributed by atoms with E-state index in [4.69, 9.17) is 9.72 Å². The number of ether oxygens (including phenoxy) is 1. The van der Waals surface area contributed by atoms with Crippen molar-refractivity contribution in [3.63, 3.8) is 0 Å². The van der Waals surface area contributed by atoms with Crippen molar-refractivity contribution in [3.05, 3.63) is 90.3 Å². The Morgan fingerprint density at radius 2 is 1.97 bits per heavy atom. The average molecular weight is 412 g/mol. The lowest BCUT2D eigenvalue weighted by molar-refractivity contribution is 0.240. The van der Waals surface area contributed by atoms with Crippen LogP contribution in [-0.2, 0) is 13.2 Å². The smallest absolute Gasteiger partial charge is 0.182 e. The van der Waals surface area contributed by atoms with Crippen LogP contribution in [0.5, 0.6) is 5.75 Å². The summed E-state index contributed by atoms with van der Waals surface area (Å²) in [6.45, 7) is 2.39. The quantitative estimate of drug-likeness (QED) is 0.491. The van der Waals surface area contributed by atoms with Gasteiger partial charge in [-0.3, -0.25) is 20.0 Å². The molecule has 0 amide bonds. The van der Waals surface area contributed by atoms with Crippen LogP contribution in [0.1, 0.15) is 36.0 Å². The fraction of sp³-hybridized carbons (Fsp3) is 0.250. The van der Waals surface area contributed by atoms with E-state index in [0.29, 0.717) is 12.4 Å². The van der Waals surface area contributed by atoms with Gasteiger partial charge in [0.2, 0.25) is 0 Å². The van der Waals surface area contributed by atoms with Crippen molar-refractivity contribution in [3.8, 4) is 17.1 Å². The molecule has 5 rings (SSSR count). The molecule has 1 fully saturated rings. The first-order chi connectivity index (χ1) is 15.3. The van der Waals surface area contributed by atoms with Crippen molar-refractivity contribution in [2.75, 3.05) is 6.54 Å². The number of pyridine rings is 2. The van der Waals surface area contributed by atoms with Crippen LogP contribution in [0.3, 0.4) is 0 Å². The van der Waals surface area contributed by atoms with Gasteiger partial charge in [-0.15, -0.1) is 0 Å². The summed E-state index contributed by atoms with van der Waals surface area (Å²) >= 11 is 0. The molecule has 4 heterocycles. The van der Waals surface area contributed by atoms with Gasteiger partial charge in [0.15, 0.2) is 5.82 Å². The molecule has 0 saturated carbocycles. The number of nitrogens with one attached hydrogen (secondary N) is 1. The van der Waals surface area contributed by atoms with Crippen LogP contribution in [0.15, 0.2) is 73.2 Å². The molecule has 0 bridgehead atoms. The summed E-state index contributed by atoms with van der Waals surface area (Å²) in [5.41, 5.74) is 3.10. The topological polar surface area (TPSA) is 79.8 Å². The van der Waals surface area contributed by atoms with Crippen LogP contribution in [0.4, 0.5) is 0 Å². The summed E-state index contributed by atoms with van der Waals surface area (Å²) in [5.74, 6) is 2.47. The van der Waals surface area contributed by atoms with Gasteiger partial charge in [0, 0.05) is 30.7 Å². The van der Waals surface area contributed by atoms with Gasteiger partial charge in [-0.25, -0.2) is 4.98 Å². The van der Waals surface area contributed by atoms with Gasteiger partial charge in [-0.1, -0.05) is 18.2 Å². The molecule has 1 saturated heterocycles. The maximum atomic E-state index is 5.85. The molecule has 4 aromatic rings. The normalized spacial score (nSPS) is 16.5. The van der Waals surface area contributed by atoms with Crippen molar-refractivity contribution in [1.29, 1.82) is 0 Å². The monoisotopic (exact) mass is 412 g/mol. The first kappa shape index (κ1) is 19.4. The lowest BCUT2D eigenvalue weighted by atomic mass is 10.1. The standard InChI is InChI=1S/C24H24N6O/c1-2-13-26-20(6-1)17-31-21-10-8-18(9-11-21)16-30-14-4-7-22(30)24-27-23(28-29-24)19-5-3-12-25-15-19/h1-3,5-6,8-13,15,22H,4,7,14,16-17H2,(H,27,28,29). The summed E-state index contributed by atoms with van der Waals surface area (Å²) in [6.07, 6.45) is 7.55. The molecule has 1 aliphatic heterocycles. The predicted octanol–water partition coefficient (Wildman–Crippen LogP) is 4.18. The molecule has 1 unspecified atom stereocenters. The molecular formula is C24H24N6O. The largest absolute Gasteiger partial charge is 0.487 e. The highest BCUT2D eigenvalue weighted by Gasteiger charge is 2.29. The van der Waals surface area contributed by atoms with E-state index in [-0.39, 0.29) is 6.04 Å². The third kappa shape index (κ3) is 4.62. The summed E-state index contributed by atoms with van der Waals surface area (Å²) < 4.78 is 5.85. The minimum atomic E-state index is 0.248. The van der Waals surface area contributed by atoms with E-state index >= 15 is 0 Å². The van der Waals surface area contributed by atoms with Crippen molar-refractivity contribution < 1.29 is 4.74 Å². The van der Waals surface area contributed by atoms with E-state index in [2.05, 4.69) is 37.2 Å². The highest BCUT2D eigenvalue weighted by Crippen LogP contribution is 2.32. The molecule has 3 aromatic heterocycles. The minimum Gasteiger partial charge on any atom is -0.487 e. The molecule has 0 aliphatic carbocycles. The Balaban J connectivity index is 1.22. The molecule has 7 heteroatoms. The van der Waals surface area contributed by atoms with E-state index in [0.717, 1.165) is 48.8 Å². The highest BCUT2D eigenvalue weighted by atomic mass is 16.5. The van der Waals surface area contributed by atoms with Gasteiger partial charge >= 0.3 is 0 Å². The number of nitrogens with zero attached hydrogens (tertiary/aromatic N) is 5. The van der Waals surface area contributed by atoms with Crippen LogP contribution in [0.25, 0.3) is 11.4 Å². The molecule has 0 spiro atoms. The third-order valence-electron chi connectivity index (χ3n) is 5.52. The van der Waals surface area contributed by atoms with Crippen LogP contribution < -0.4 is 4.74 Å². The summed E-state index contributed by atoms with van der Waals surface area (Å²) in [6, 6.07) is 18.3. The predicted molar refractivity (Wildman–Crippen MR) is 117 cm³/mol. The number of aromatic amines is 1. The molecule has 1 N–H and O–H groups in total. The van der Waals surface area contributed by atoms with Crippen LogP contribution in [-0.4, -0.2) is 36.6 Å². The fourth-order valence-corrected chi connectivity index (χ4v) is 3.94. The average Bonchev–Trinajstić information content (AvgIpc) is 3.49. The van der Waals surface area contributed by atoms with Gasteiger partial charge in [0.05, 0.1) is 11.7 Å². The number of H-pyrrole nitrogens is 1. The zero-order chi connectivity index (χ0) is 20.9. The fourth-order valence-electron chi connectivity index (χ4n) is 3.94. The van der Waals surface area contributed by atoms with E-state index in [1.807, 2.05) is 42.5 Å². The second kappa shape index (κ2) is 9.06. The minimum absolute atomic E-state index is 0.248. The van der Waals surface area contributed by atoms with Gasteiger partial charge in [-0.05, 0) is 61.3 Å². The molecule has 1 aromatic carbocycles. The van der Waals surface area contributed by atoms with Crippen LogP contribution in [0.2, 0.25) is 0 Å². The number of benzene rings is 1. The van der Waals surface area contributed by atoms with Gasteiger partial charge in [-0.2, -0.15) is 5.10 Å². The Labute approximate surface area is 181 Å². The summed E-state index contributed by atoms with van der Waals surface area (Å²) in [5, 5.41) is 7.55. The first-order valence-corrected chi connectivity index (χ1v) is 10.5. The van der Waals surface area contributed by atoms with E-state index in [9.17, 15) is 0 Å². The number of hydrogen-bond donors (Lipinski definition) is 1. The second-order valence-electron chi connectivity index (χ2n) is 7.67. The van der Waals surface area contributed by atoms with E-state index < -0.39 is 0 Å². The molecular weight excluding hydrogens is 388 g/mol. The summed E-state index contributed by atoms with van der Waals surface area (Å²) in [7, 11) is 0. The van der Waals surface area contributed by atoms with Crippen molar-refractivity contribution in [2.45, 2.75) is 32.0 Å². The van der Waals surface area contributed by atoms with Crippen LogP contribution in [0, 0.1) is 0 Å². The lowest BCUT2D eigenvalue weighted by Gasteiger charge is -2.22. The zero-order valence-electron chi connectivity index (χ0n) is 17.2. The van der Waals surface area contributed by atoms with Gasteiger partial charge < -0.3 is 4.74 Å². The molecule has 7 nitrogen and oxygen atoms in total. The second-order valence-corrected chi connectivity index (χ2v) is 7.67. The Bertz CT molecular complexity index is 1100. The number of likely N-dealkylation sites (tertiary alicyclic amines) is 1. The SMILES string of the molecule is c1ccc(COc2ccc(CN3CCCC3c3nc(-c4cccnc4)n[nH]3)cc2)nc1. The maximum Gasteiger partial charge on any atom is 0.182 e.